The van der Waals surface area contributed by atoms with Gasteiger partial charge >= 0.3 is 18.0 Å². The van der Waals surface area contributed by atoms with E-state index in [1.807, 2.05) is 19.9 Å². The second-order valence-corrected chi connectivity index (χ2v) is 5.82. The topological polar surface area (TPSA) is 123 Å². The molecular formula is C17H23N3O6. The van der Waals surface area contributed by atoms with Crippen molar-refractivity contribution in [3.05, 3.63) is 35.9 Å². The van der Waals surface area contributed by atoms with Crippen LogP contribution in [0.5, 0.6) is 0 Å². The Morgan fingerprint density at radius 1 is 1.04 bits per heavy atom. The summed E-state index contributed by atoms with van der Waals surface area (Å²) in [5.74, 6) is -2.79. The van der Waals surface area contributed by atoms with Crippen molar-refractivity contribution in [3.63, 3.8) is 0 Å². The normalized spacial score (nSPS) is 11.2. The summed E-state index contributed by atoms with van der Waals surface area (Å²) < 4.78 is 9.25. The van der Waals surface area contributed by atoms with Gasteiger partial charge in [0.15, 0.2) is 0 Å². The van der Waals surface area contributed by atoms with Gasteiger partial charge in [-0.1, -0.05) is 44.2 Å². The zero-order valence-corrected chi connectivity index (χ0v) is 14.9. The minimum Gasteiger partial charge on any atom is -0.462 e. The number of rotatable bonds is 6. The molecule has 1 aromatic rings. The molecule has 0 saturated heterocycles. The van der Waals surface area contributed by atoms with Crippen LogP contribution < -0.4 is 16.2 Å². The first-order valence-electron chi connectivity index (χ1n) is 7.98. The monoisotopic (exact) mass is 365 g/mol. The fraction of sp³-hybridized carbons (Fsp3) is 0.412. The average molecular weight is 365 g/mol. The molecule has 0 bridgehead atoms. The summed E-state index contributed by atoms with van der Waals surface area (Å²) in [7, 11) is 1.06. The van der Waals surface area contributed by atoms with Crippen LogP contribution in [0.25, 0.3) is 0 Å². The van der Waals surface area contributed by atoms with Crippen molar-refractivity contribution in [2.45, 2.75) is 32.9 Å². The summed E-state index contributed by atoms with van der Waals surface area (Å²) in [6.07, 6.45) is -0.597. The first kappa shape index (κ1) is 20.9. The molecule has 9 nitrogen and oxygen atoms in total. The third-order valence-corrected chi connectivity index (χ3v) is 3.20. The van der Waals surface area contributed by atoms with Gasteiger partial charge in [-0.25, -0.2) is 15.0 Å². The molecule has 1 atom stereocenters. The van der Waals surface area contributed by atoms with E-state index < -0.39 is 29.9 Å². The van der Waals surface area contributed by atoms with Gasteiger partial charge in [0.2, 0.25) is 0 Å². The summed E-state index contributed by atoms with van der Waals surface area (Å²) in [5.41, 5.74) is 5.04. The number of hydrogen-bond acceptors (Lipinski definition) is 6. The van der Waals surface area contributed by atoms with Crippen LogP contribution in [0.4, 0.5) is 4.79 Å². The molecule has 0 heterocycles. The molecule has 1 rings (SSSR count). The van der Waals surface area contributed by atoms with E-state index in [1.165, 1.54) is 0 Å². The van der Waals surface area contributed by atoms with Crippen LogP contribution in [0.15, 0.2) is 30.3 Å². The molecular weight excluding hydrogens is 342 g/mol. The Bertz CT molecular complexity index is 633. The molecule has 1 aromatic carbocycles. The lowest BCUT2D eigenvalue weighted by atomic mass is 10.0. The van der Waals surface area contributed by atoms with E-state index >= 15 is 0 Å². The summed E-state index contributed by atoms with van der Waals surface area (Å²) >= 11 is 0. The predicted molar refractivity (Wildman–Crippen MR) is 91.3 cm³/mol. The molecule has 142 valence electrons. The molecule has 0 aromatic heterocycles. The van der Waals surface area contributed by atoms with Crippen molar-refractivity contribution >= 4 is 23.9 Å². The van der Waals surface area contributed by atoms with Gasteiger partial charge in [-0.2, -0.15) is 0 Å². The second-order valence-electron chi connectivity index (χ2n) is 5.82. The van der Waals surface area contributed by atoms with Gasteiger partial charge in [-0.3, -0.25) is 15.0 Å². The van der Waals surface area contributed by atoms with E-state index in [1.54, 1.807) is 24.3 Å². The molecule has 3 N–H and O–H groups in total. The number of nitrogens with one attached hydrogen (secondary N) is 3. The maximum atomic E-state index is 12.2. The van der Waals surface area contributed by atoms with E-state index in [2.05, 4.69) is 20.9 Å². The molecule has 0 saturated carbocycles. The molecule has 0 spiro atoms. The molecule has 3 amide bonds. The fourth-order valence-corrected chi connectivity index (χ4v) is 1.97. The standard InChI is InChI=1S/C17H23N3O6/c1-11(2)9-13(18-15(22)16(23)25-3)14(21)19-20-17(24)26-10-12-7-5-4-6-8-12/h4-8,11,13H,9-10H2,1-3H3,(H,18,22)(H,19,21)(H,20,24)/t13-/m1/s1. The molecule has 0 unspecified atom stereocenters. The van der Waals surface area contributed by atoms with E-state index in [-0.39, 0.29) is 18.9 Å². The number of esters is 1. The van der Waals surface area contributed by atoms with E-state index in [0.717, 1.165) is 12.7 Å². The molecule has 0 fully saturated rings. The highest BCUT2D eigenvalue weighted by molar-refractivity contribution is 6.32. The van der Waals surface area contributed by atoms with Crippen LogP contribution >= 0.6 is 0 Å². The van der Waals surface area contributed by atoms with Crippen molar-refractivity contribution < 1.29 is 28.7 Å². The minimum absolute atomic E-state index is 0.0387. The van der Waals surface area contributed by atoms with Crippen LogP contribution in [-0.4, -0.2) is 37.0 Å². The maximum absolute atomic E-state index is 12.2. The van der Waals surface area contributed by atoms with Gasteiger partial charge < -0.3 is 14.8 Å². The minimum atomic E-state index is -1.11. The molecule has 0 aliphatic heterocycles. The van der Waals surface area contributed by atoms with Crippen molar-refractivity contribution in [2.24, 2.45) is 5.92 Å². The Balaban J connectivity index is 2.50. The third-order valence-electron chi connectivity index (χ3n) is 3.20. The first-order valence-corrected chi connectivity index (χ1v) is 7.98. The summed E-state index contributed by atoms with van der Waals surface area (Å²) in [6, 6.07) is 8.00. The maximum Gasteiger partial charge on any atom is 0.426 e. The van der Waals surface area contributed by atoms with Crippen LogP contribution in [-0.2, 0) is 30.5 Å². The lowest BCUT2D eigenvalue weighted by Crippen LogP contribution is -2.53. The van der Waals surface area contributed by atoms with Gasteiger partial charge in [-0.15, -0.1) is 0 Å². The van der Waals surface area contributed by atoms with Crippen LogP contribution in [0.3, 0.4) is 0 Å². The van der Waals surface area contributed by atoms with Gasteiger partial charge in [0, 0.05) is 0 Å². The molecule has 9 heteroatoms. The van der Waals surface area contributed by atoms with Crippen molar-refractivity contribution in [1.29, 1.82) is 0 Å². The number of ether oxygens (including phenoxy) is 2. The Hall–Kier alpha value is -3.10. The van der Waals surface area contributed by atoms with E-state index in [9.17, 15) is 19.2 Å². The number of hydrogen-bond donors (Lipinski definition) is 3. The lowest BCUT2D eigenvalue weighted by molar-refractivity contribution is -0.153. The smallest absolute Gasteiger partial charge is 0.426 e. The summed E-state index contributed by atoms with van der Waals surface area (Å²) in [5, 5.41) is 2.26. The number of carbonyl (C=O) groups excluding carboxylic acids is 4. The SMILES string of the molecule is COC(=O)C(=O)N[C@H](CC(C)C)C(=O)NNC(=O)OCc1ccccc1. The molecule has 0 aliphatic rings. The van der Waals surface area contributed by atoms with Crippen LogP contribution in [0.1, 0.15) is 25.8 Å². The van der Waals surface area contributed by atoms with Gasteiger partial charge in [0.25, 0.3) is 5.91 Å². The van der Waals surface area contributed by atoms with Crippen molar-refractivity contribution in [1.82, 2.24) is 16.2 Å². The number of hydrazine groups is 1. The predicted octanol–water partition coefficient (Wildman–Crippen LogP) is 0.648. The van der Waals surface area contributed by atoms with Gasteiger partial charge in [-0.05, 0) is 17.9 Å². The quantitative estimate of drug-likeness (QED) is 0.386. The Morgan fingerprint density at radius 3 is 2.27 bits per heavy atom. The highest BCUT2D eigenvalue weighted by Gasteiger charge is 2.25. The number of benzene rings is 1. The third kappa shape index (κ3) is 7.65. The number of amides is 3. The molecule has 26 heavy (non-hydrogen) atoms. The Kier molecular flexibility index (Phi) is 8.62. The van der Waals surface area contributed by atoms with E-state index in [4.69, 9.17) is 4.74 Å². The lowest BCUT2D eigenvalue weighted by Gasteiger charge is -2.19. The highest BCUT2D eigenvalue weighted by atomic mass is 16.6. The van der Waals surface area contributed by atoms with E-state index in [0.29, 0.717) is 0 Å². The zero-order valence-electron chi connectivity index (χ0n) is 14.9. The zero-order chi connectivity index (χ0) is 19.5. The van der Waals surface area contributed by atoms with Crippen LogP contribution in [0, 0.1) is 5.92 Å². The average Bonchev–Trinajstić information content (AvgIpc) is 2.63. The molecule has 0 aliphatic carbocycles. The highest BCUT2D eigenvalue weighted by Crippen LogP contribution is 2.05. The second kappa shape index (κ2) is 10.7. The Labute approximate surface area is 151 Å². The largest absolute Gasteiger partial charge is 0.462 e. The van der Waals surface area contributed by atoms with Crippen molar-refractivity contribution in [2.75, 3.05) is 7.11 Å². The fourth-order valence-electron chi connectivity index (χ4n) is 1.97. The van der Waals surface area contributed by atoms with Gasteiger partial charge in [0.05, 0.1) is 7.11 Å². The summed E-state index contributed by atoms with van der Waals surface area (Å²) in [6.45, 7) is 3.72. The number of carbonyl (C=O) groups is 4. The first-order chi connectivity index (χ1) is 12.3. The van der Waals surface area contributed by atoms with Crippen LogP contribution in [0.2, 0.25) is 0 Å². The van der Waals surface area contributed by atoms with Gasteiger partial charge in [0.1, 0.15) is 12.6 Å². The van der Waals surface area contributed by atoms with Crippen molar-refractivity contribution in [3.8, 4) is 0 Å². The number of methoxy groups -OCH3 is 1. The summed E-state index contributed by atoms with van der Waals surface area (Å²) in [4.78, 5) is 46.6. The molecule has 0 radical (unpaired) electrons. The Morgan fingerprint density at radius 2 is 1.69 bits per heavy atom.